The van der Waals surface area contributed by atoms with Crippen molar-refractivity contribution in [2.45, 2.75) is 50.4 Å². The standard InChI is InChI=1S/C21H23NO5.C8H11N3O3S.Na/c1-11(23)25-16-6-4-13-10-15-14-5-7-17(26-12(2)24)20-21(14,8-9-22(15)3)18(13)19(16)27-20;1-11(2)8-5-3-7(4-6-8)9-10-15(12,13)14;/h4-7,14-15,17,20H,8-10H2,1-3H3;3-6H,1-2H3,(H,12,13,14);/q;;+1/p-1/t14-,15+,17-,20-,21-;;/m0../s1. The summed E-state index contributed by atoms with van der Waals surface area (Å²) in [5, 5.41) is 3.28. The van der Waals surface area contributed by atoms with Gasteiger partial charge in [0.1, 0.15) is 6.10 Å². The number of esters is 2. The van der Waals surface area contributed by atoms with E-state index in [1.54, 1.807) is 24.3 Å². The summed E-state index contributed by atoms with van der Waals surface area (Å²) in [6, 6.07) is 10.9. The number of ether oxygens (including phenoxy) is 3. The van der Waals surface area contributed by atoms with Crippen LogP contribution in [0.4, 0.5) is 11.4 Å². The molecule has 2 aliphatic carbocycles. The maximum absolute atomic E-state index is 11.7. The topological polar surface area (TPSA) is 150 Å². The molecule has 0 N–H and O–H groups in total. The molecule has 2 bridgehead atoms. The molecule has 0 amide bonds. The van der Waals surface area contributed by atoms with Gasteiger partial charge < -0.3 is 28.6 Å². The molecule has 43 heavy (non-hydrogen) atoms. The molecule has 0 unspecified atom stereocenters. The van der Waals surface area contributed by atoms with E-state index in [1.807, 2.05) is 31.1 Å². The van der Waals surface area contributed by atoms with Crippen molar-refractivity contribution in [1.82, 2.24) is 4.90 Å². The molecule has 14 heteroatoms. The molecule has 1 saturated heterocycles. The van der Waals surface area contributed by atoms with Gasteiger partial charge in [0.25, 0.3) is 0 Å². The number of piperidine rings is 1. The third-order valence-corrected chi connectivity index (χ3v) is 8.57. The molecular weight excluding hydrogens is 587 g/mol. The van der Waals surface area contributed by atoms with Gasteiger partial charge in [0, 0.05) is 56.6 Å². The molecule has 1 fully saturated rings. The van der Waals surface area contributed by atoms with Gasteiger partial charge in [-0.05, 0) is 68.4 Å². The average molecular weight is 621 g/mol. The molecule has 2 aliphatic heterocycles. The molecule has 224 valence electrons. The Morgan fingerprint density at radius 3 is 2.40 bits per heavy atom. The minimum absolute atomic E-state index is 0. The van der Waals surface area contributed by atoms with Crippen molar-refractivity contribution in [2.75, 3.05) is 32.6 Å². The number of likely N-dealkylation sites (N-methyl/N-ethyl adjacent to an activating group) is 1. The number of rotatable bonds is 5. The molecule has 1 spiro atoms. The summed E-state index contributed by atoms with van der Waals surface area (Å²) < 4.78 is 50.6. The van der Waals surface area contributed by atoms with Crippen LogP contribution in [0.3, 0.4) is 0 Å². The Labute approximate surface area is 273 Å². The average Bonchev–Trinajstić information content (AvgIpc) is 3.27. The quantitative estimate of drug-likeness (QED) is 0.114. The van der Waals surface area contributed by atoms with Crippen LogP contribution in [0, 0.1) is 5.92 Å². The zero-order chi connectivity index (χ0) is 30.4. The van der Waals surface area contributed by atoms with Crippen LogP contribution in [0.1, 0.15) is 31.4 Å². The van der Waals surface area contributed by atoms with Gasteiger partial charge in [0.2, 0.25) is 10.3 Å². The first-order chi connectivity index (χ1) is 19.8. The monoisotopic (exact) mass is 620 g/mol. The van der Waals surface area contributed by atoms with Crippen LogP contribution in [0.15, 0.2) is 58.2 Å². The van der Waals surface area contributed by atoms with Crippen LogP contribution in [-0.4, -0.2) is 75.7 Å². The fraction of sp³-hybridized carbons (Fsp3) is 0.448. The fourth-order valence-electron chi connectivity index (χ4n) is 6.65. The third kappa shape index (κ3) is 6.52. The van der Waals surface area contributed by atoms with Gasteiger partial charge in [0.15, 0.2) is 17.6 Å². The summed E-state index contributed by atoms with van der Waals surface area (Å²) in [5.74, 6) is 0.712. The van der Waals surface area contributed by atoms with Crippen LogP contribution in [0.25, 0.3) is 0 Å². The van der Waals surface area contributed by atoms with Gasteiger partial charge in [-0.3, -0.25) is 9.59 Å². The van der Waals surface area contributed by atoms with E-state index >= 15 is 0 Å². The first kappa shape index (κ1) is 33.1. The van der Waals surface area contributed by atoms with Crippen LogP contribution in [-0.2, 0) is 36.5 Å². The molecule has 0 radical (unpaired) electrons. The second-order valence-corrected chi connectivity index (χ2v) is 12.1. The van der Waals surface area contributed by atoms with Crippen molar-refractivity contribution < 1.29 is 66.3 Å². The number of nitrogens with zero attached hydrogens (tertiary/aromatic N) is 4. The molecule has 0 saturated carbocycles. The normalized spacial score (nSPS) is 26.3. The van der Waals surface area contributed by atoms with E-state index < -0.39 is 16.4 Å². The van der Waals surface area contributed by atoms with E-state index in [0.29, 0.717) is 23.2 Å². The van der Waals surface area contributed by atoms with Gasteiger partial charge in [-0.2, -0.15) is 0 Å². The number of likely N-dealkylation sites (tertiary alicyclic amines) is 1. The van der Waals surface area contributed by atoms with Gasteiger partial charge in [-0.1, -0.05) is 16.7 Å². The van der Waals surface area contributed by atoms with E-state index in [0.717, 1.165) is 30.6 Å². The molecule has 2 aromatic rings. The van der Waals surface area contributed by atoms with Crippen molar-refractivity contribution in [1.29, 1.82) is 0 Å². The molecule has 12 nitrogen and oxygen atoms in total. The predicted octanol–water partition coefficient (Wildman–Crippen LogP) is 0.289. The van der Waals surface area contributed by atoms with Crippen molar-refractivity contribution >= 4 is 33.6 Å². The molecule has 4 aliphatic rings. The van der Waals surface area contributed by atoms with Crippen molar-refractivity contribution in [3.05, 3.63) is 59.7 Å². The zero-order valence-electron chi connectivity index (χ0n) is 25.0. The van der Waals surface area contributed by atoms with Crippen molar-refractivity contribution in [3.8, 4) is 11.5 Å². The van der Waals surface area contributed by atoms with Crippen molar-refractivity contribution in [3.63, 3.8) is 0 Å². The number of anilines is 1. The Morgan fingerprint density at radius 1 is 1.09 bits per heavy atom. The molecular formula is C29H33N4NaO8S. The van der Waals surface area contributed by atoms with E-state index in [4.69, 9.17) is 14.2 Å². The largest absolute Gasteiger partial charge is 1.00 e. The number of benzene rings is 2. The Balaban J connectivity index is 0.000000228. The minimum Gasteiger partial charge on any atom is -0.728 e. The zero-order valence-corrected chi connectivity index (χ0v) is 27.8. The van der Waals surface area contributed by atoms with Gasteiger partial charge >= 0.3 is 41.5 Å². The minimum atomic E-state index is -4.65. The van der Waals surface area contributed by atoms with Crippen LogP contribution >= 0.6 is 0 Å². The third-order valence-electron chi connectivity index (χ3n) is 8.29. The Bertz CT molecular complexity index is 1560. The van der Waals surface area contributed by atoms with E-state index in [-0.39, 0.29) is 58.9 Å². The Morgan fingerprint density at radius 2 is 1.79 bits per heavy atom. The van der Waals surface area contributed by atoms with E-state index in [2.05, 4.69) is 33.7 Å². The maximum atomic E-state index is 11.7. The first-order valence-corrected chi connectivity index (χ1v) is 14.9. The van der Waals surface area contributed by atoms with Gasteiger partial charge in [-0.25, -0.2) is 8.42 Å². The number of hydrogen-bond donors (Lipinski definition) is 0. The molecule has 5 atom stereocenters. The van der Waals surface area contributed by atoms with Crippen LogP contribution in [0.2, 0.25) is 0 Å². The van der Waals surface area contributed by atoms with Gasteiger partial charge in [0.05, 0.1) is 5.69 Å². The van der Waals surface area contributed by atoms with Gasteiger partial charge in [-0.15, -0.1) is 5.11 Å². The summed E-state index contributed by atoms with van der Waals surface area (Å²) in [4.78, 5) is 27.6. The maximum Gasteiger partial charge on any atom is 1.00 e. The second kappa shape index (κ2) is 12.7. The number of hydrogen-bond acceptors (Lipinski definition) is 11. The fourth-order valence-corrected chi connectivity index (χ4v) is 6.85. The predicted molar refractivity (Wildman–Crippen MR) is 152 cm³/mol. The summed E-state index contributed by atoms with van der Waals surface area (Å²) in [6.45, 7) is 3.77. The summed E-state index contributed by atoms with van der Waals surface area (Å²) in [5.41, 5.74) is 3.42. The summed E-state index contributed by atoms with van der Waals surface area (Å²) in [7, 11) is 1.27. The number of carbonyl (C=O) groups excluding carboxylic acids is 2. The molecule has 2 heterocycles. The Kier molecular flexibility index (Phi) is 9.74. The number of carbonyl (C=O) groups is 2. The molecule has 6 rings (SSSR count). The van der Waals surface area contributed by atoms with E-state index in [1.165, 1.54) is 19.4 Å². The molecule has 2 aromatic carbocycles. The smallest absolute Gasteiger partial charge is 0.728 e. The molecule has 0 aromatic heterocycles. The van der Waals surface area contributed by atoms with Crippen molar-refractivity contribution in [2.24, 2.45) is 15.6 Å². The SMILES string of the molecule is CC(=O)Oc1ccc2c3c1O[C@H]1[C@@H](OC(C)=O)C=C[C@H]4[C@@H](C2)N(C)CC[C@@]341.CN(C)c1ccc(N=NS(=O)(=O)[O-])cc1.[Na+]. The van der Waals surface area contributed by atoms with Crippen LogP contribution < -0.4 is 43.9 Å². The van der Waals surface area contributed by atoms with E-state index in [9.17, 15) is 22.6 Å². The van der Waals surface area contributed by atoms with Crippen LogP contribution in [0.5, 0.6) is 11.5 Å². The second-order valence-electron chi connectivity index (χ2n) is 11.1. The summed E-state index contributed by atoms with van der Waals surface area (Å²) in [6.07, 6.45) is 5.31. The Hall–Kier alpha value is -2.81. The summed E-state index contributed by atoms with van der Waals surface area (Å²) >= 11 is 0. The first-order valence-electron chi connectivity index (χ1n) is 13.5.